The largest absolute Gasteiger partial charge is 0.453 e. The molecule has 148 valence electrons. The Morgan fingerprint density at radius 2 is 1.88 bits per heavy atom. The first-order valence-electron chi connectivity index (χ1n) is 8.74. The van der Waals surface area contributed by atoms with E-state index in [1.807, 2.05) is 0 Å². The molecule has 1 amide bonds. The van der Waals surface area contributed by atoms with E-state index in [-0.39, 0.29) is 22.9 Å². The number of nitrogens with two attached hydrogens (primary N) is 1. The second kappa shape index (κ2) is 8.06. The number of thioether (sulfide) groups is 1. The molecule has 1 fully saturated rings. The van der Waals surface area contributed by atoms with Crippen LogP contribution >= 0.6 is 11.8 Å². The first-order chi connectivity index (χ1) is 12.0. The van der Waals surface area contributed by atoms with Gasteiger partial charge in [-0.05, 0) is 37.0 Å². The number of hydrogen-bond donors (Lipinski definition) is 2. The summed E-state index contributed by atoms with van der Waals surface area (Å²) in [6, 6.07) is 0.119. The molecule has 1 saturated carbocycles. The highest BCUT2D eigenvalue weighted by atomic mass is 32.2. The lowest BCUT2D eigenvalue weighted by Gasteiger charge is -2.39. The SMILES string of the molecule is CCC(C)(C)C1CCC(NC(=O)CSc2nnc(C(F)(F)F)n2N)CC1. The number of halogens is 3. The van der Waals surface area contributed by atoms with E-state index in [0.29, 0.717) is 16.0 Å². The molecular formula is C16H26F3N5OS. The molecule has 0 atom stereocenters. The Labute approximate surface area is 155 Å². The molecule has 26 heavy (non-hydrogen) atoms. The molecule has 1 aromatic heterocycles. The summed E-state index contributed by atoms with van der Waals surface area (Å²) in [4.78, 5) is 12.1. The van der Waals surface area contributed by atoms with Gasteiger partial charge in [0.15, 0.2) is 0 Å². The number of nitrogens with zero attached hydrogens (tertiary/aromatic N) is 3. The van der Waals surface area contributed by atoms with Crippen molar-refractivity contribution in [2.75, 3.05) is 11.6 Å². The van der Waals surface area contributed by atoms with Crippen molar-refractivity contribution in [3.8, 4) is 0 Å². The van der Waals surface area contributed by atoms with Crippen LogP contribution in [0, 0.1) is 11.3 Å². The van der Waals surface area contributed by atoms with Crippen molar-refractivity contribution in [3.05, 3.63) is 5.82 Å². The van der Waals surface area contributed by atoms with Crippen LogP contribution in [0.3, 0.4) is 0 Å². The summed E-state index contributed by atoms with van der Waals surface area (Å²) < 4.78 is 38.2. The minimum Gasteiger partial charge on any atom is -0.353 e. The maximum absolute atomic E-state index is 12.6. The number of aromatic nitrogens is 3. The lowest BCUT2D eigenvalue weighted by Crippen LogP contribution is -2.40. The lowest BCUT2D eigenvalue weighted by atomic mass is 9.69. The Bertz CT molecular complexity index is 624. The van der Waals surface area contributed by atoms with Crippen LogP contribution in [-0.4, -0.2) is 32.6 Å². The van der Waals surface area contributed by atoms with Crippen molar-refractivity contribution in [2.24, 2.45) is 11.3 Å². The molecule has 0 aromatic carbocycles. The van der Waals surface area contributed by atoms with E-state index in [4.69, 9.17) is 5.84 Å². The monoisotopic (exact) mass is 393 g/mol. The maximum atomic E-state index is 12.6. The zero-order valence-corrected chi connectivity index (χ0v) is 16.1. The summed E-state index contributed by atoms with van der Waals surface area (Å²) in [5, 5.41) is 9.25. The minimum atomic E-state index is -4.67. The Balaban J connectivity index is 1.79. The highest BCUT2D eigenvalue weighted by molar-refractivity contribution is 7.99. The van der Waals surface area contributed by atoms with Gasteiger partial charge in [0, 0.05) is 6.04 Å². The summed E-state index contributed by atoms with van der Waals surface area (Å²) in [5.41, 5.74) is 0.312. The van der Waals surface area contributed by atoms with Crippen LogP contribution < -0.4 is 11.2 Å². The number of nitrogens with one attached hydrogen (secondary N) is 1. The van der Waals surface area contributed by atoms with E-state index in [1.54, 1.807) is 0 Å². The van der Waals surface area contributed by atoms with Crippen molar-refractivity contribution < 1.29 is 18.0 Å². The average Bonchev–Trinajstić information content (AvgIpc) is 2.94. The molecule has 0 saturated heterocycles. The fraction of sp³-hybridized carbons (Fsp3) is 0.812. The summed E-state index contributed by atoms with van der Waals surface area (Å²) in [5.74, 6) is 4.45. The fourth-order valence-electron chi connectivity index (χ4n) is 3.28. The van der Waals surface area contributed by atoms with E-state index in [2.05, 4.69) is 36.3 Å². The van der Waals surface area contributed by atoms with Crippen LogP contribution in [0.1, 0.15) is 58.7 Å². The minimum absolute atomic E-state index is 0.0480. The van der Waals surface area contributed by atoms with Crippen LogP contribution in [0.15, 0.2) is 5.16 Å². The summed E-state index contributed by atoms with van der Waals surface area (Å²) >= 11 is 0.841. The summed E-state index contributed by atoms with van der Waals surface area (Å²) in [6.45, 7) is 6.77. The molecule has 3 N–H and O–H groups in total. The van der Waals surface area contributed by atoms with Crippen LogP contribution in [0.5, 0.6) is 0 Å². The van der Waals surface area contributed by atoms with Gasteiger partial charge in [0.1, 0.15) is 0 Å². The van der Waals surface area contributed by atoms with E-state index < -0.39 is 12.0 Å². The van der Waals surface area contributed by atoms with Crippen LogP contribution in [-0.2, 0) is 11.0 Å². The van der Waals surface area contributed by atoms with E-state index in [9.17, 15) is 18.0 Å². The number of carbonyl (C=O) groups is 1. The van der Waals surface area contributed by atoms with Crippen LogP contribution in [0.2, 0.25) is 0 Å². The fourth-order valence-corrected chi connectivity index (χ4v) is 3.94. The van der Waals surface area contributed by atoms with E-state index >= 15 is 0 Å². The molecule has 0 bridgehead atoms. The summed E-state index contributed by atoms with van der Waals surface area (Å²) in [6.07, 6.45) is 0.459. The predicted octanol–water partition coefficient (Wildman–Crippen LogP) is 3.21. The van der Waals surface area contributed by atoms with Gasteiger partial charge < -0.3 is 11.2 Å². The Morgan fingerprint density at radius 1 is 1.27 bits per heavy atom. The van der Waals surface area contributed by atoms with Crippen molar-refractivity contribution in [1.29, 1.82) is 0 Å². The Kier molecular flexibility index (Phi) is 6.46. The average molecular weight is 393 g/mol. The van der Waals surface area contributed by atoms with Gasteiger partial charge in [0.05, 0.1) is 5.75 Å². The topological polar surface area (TPSA) is 85.8 Å². The second-order valence-corrected chi connectivity index (χ2v) is 8.36. The normalized spacial score (nSPS) is 21.6. The molecule has 0 aliphatic heterocycles. The maximum Gasteiger partial charge on any atom is 0.453 e. The van der Waals surface area contributed by atoms with Gasteiger partial charge >= 0.3 is 6.18 Å². The first-order valence-corrected chi connectivity index (χ1v) is 9.73. The van der Waals surface area contributed by atoms with Gasteiger partial charge in [-0.3, -0.25) is 4.79 Å². The highest BCUT2D eigenvalue weighted by Crippen LogP contribution is 2.40. The molecule has 6 nitrogen and oxygen atoms in total. The lowest BCUT2D eigenvalue weighted by molar-refractivity contribution is -0.146. The number of alkyl halides is 3. The first kappa shape index (κ1) is 20.9. The second-order valence-electron chi connectivity index (χ2n) is 7.42. The third kappa shape index (κ3) is 5.05. The molecule has 1 heterocycles. The molecule has 1 aliphatic rings. The molecule has 1 aliphatic carbocycles. The van der Waals surface area contributed by atoms with Crippen LogP contribution in [0.4, 0.5) is 13.2 Å². The van der Waals surface area contributed by atoms with E-state index in [0.717, 1.165) is 43.9 Å². The third-order valence-electron chi connectivity index (χ3n) is 5.36. The van der Waals surface area contributed by atoms with Crippen LogP contribution in [0.25, 0.3) is 0 Å². The molecule has 0 unspecified atom stereocenters. The van der Waals surface area contributed by atoms with Gasteiger partial charge in [-0.2, -0.15) is 13.2 Å². The van der Waals surface area contributed by atoms with Gasteiger partial charge in [-0.1, -0.05) is 39.0 Å². The smallest absolute Gasteiger partial charge is 0.353 e. The van der Waals surface area contributed by atoms with Gasteiger partial charge in [-0.15, -0.1) is 10.2 Å². The Hall–Kier alpha value is -1.45. The van der Waals surface area contributed by atoms with Crippen molar-refractivity contribution >= 4 is 17.7 Å². The Morgan fingerprint density at radius 3 is 2.38 bits per heavy atom. The van der Waals surface area contributed by atoms with Crippen molar-refractivity contribution in [3.63, 3.8) is 0 Å². The molecule has 1 aromatic rings. The van der Waals surface area contributed by atoms with Gasteiger partial charge in [-0.25, -0.2) is 4.68 Å². The zero-order chi connectivity index (χ0) is 19.5. The van der Waals surface area contributed by atoms with Crippen molar-refractivity contribution in [2.45, 2.75) is 70.2 Å². The molecule has 0 radical (unpaired) electrons. The number of carbonyl (C=O) groups excluding carboxylic acids is 1. The molecular weight excluding hydrogens is 367 g/mol. The van der Waals surface area contributed by atoms with Gasteiger partial charge in [0.2, 0.25) is 11.1 Å². The zero-order valence-electron chi connectivity index (χ0n) is 15.3. The predicted molar refractivity (Wildman–Crippen MR) is 93.9 cm³/mol. The van der Waals surface area contributed by atoms with Gasteiger partial charge in [0.25, 0.3) is 5.82 Å². The number of rotatable bonds is 6. The molecule has 10 heteroatoms. The summed E-state index contributed by atoms with van der Waals surface area (Å²) in [7, 11) is 0. The highest BCUT2D eigenvalue weighted by Gasteiger charge is 2.38. The third-order valence-corrected chi connectivity index (χ3v) is 6.30. The molecule has 0 spiro atoms. The number of hydrogen-bond acceptors (Lipinski definition) is 5. The number of nitrogen functional groups attached to an aromatic ring is 1. The quantitative estimate of drug-likeness (QED) is 0.573. The number of amides is 1. The van der Waals surface area contributed by atoms with Crippen molar-refractivity contribution in [1.82, 2.24) is 20.2 Å². The van der Waals surface area contributed by atoms with E-state index in [1.165, 1.54) is 0 Å². The molecule has 2 rings (SSSR count). The standard InChI is InChI=1S/C16H26F3N5OS/c1-4-15(2,3)10-5-7-11(8-6-10)21-12(25)9-26-14-23-22-13(24(14)20)16(17,18)19/h10-11H,4-9,20H2,1-3H3,(H,21,25).